The van der Waals surface area contributed by atoms with Gasteiger partial charge in [-0.15, -0.1) is 0 Å². The van der Waals surface area contributed by atoms with Gasteiger partial charge in [0, 0.05) is 20.2 Å². The molecule has 0 bridgehead atoms. The third-order valence-electron chi connectivity index (χ3n) is 2.46. The number of nitrogens with one attached hydrogen (secondary N) is 1. The Morgan fingerprint density at radius 2 is 2.00 bits per heavy atom. The molecule has 1 N–H and O–H groups in total. The van der Waals surface area contributed by atoms with Crippen molar-refractivity contribution < 1.29 is 4.79 Å². The lowest BCUT2D eigenvalue weighted by Crippen LogP contribution is -2.13. The highest BCUT2D eigenvalue weighted by Gasteiger charge is 2.12. The Morgan fingerprint density at radius 1 is 1.26 bits per heavy atom. The molecule has 19 heavy (non-hydrogen) atoms. The zero-order valence-corrected chi connectivity index (χ0v) is 13.8. The quantitative estimate of drug-likeness (QED) is 0.780. The van der Waals surface area contributed by atoms with Crippen LogP contribution in [0.5, 0.6) is 0 Å². The van der Waals surface area contributed by atoms with Crippen LogP contribution in [0.2, 0.25) is 5.02 Å². The van der Waals surface area contributed by atoms with Gasteiger partial charge in [-0.1, -0.05) is 11.6 Å². The van der Waals surface area contributed by atoms with Crippen LogP contribution >= 0.6 is 43.5 Å². The van der Waals surface area contributed by atoms with Gasteiger partial charge in [-0.25, -0.2) is 4.98 Å². The summed E-state index contributed by atoms with van der Waals surface area (Å²) in [7, 11) is 0. The second-order valence-corrected chi connectivity index (χ2v) is 6.04. The molecule has 1 aromatic heterocycles. The molecule has 0 aliphatic heterocycles. The van der Waals surface area contributed by atoms with Gasteiger partial charge in [0.05, 0.1) is 5.56 Å². The molecular formula is C13H9Br2ClN2O. The largest absolute Gasteiger partial charge is 0.307 e. The normalized spacial score (nSPS) is 10.3. The third kappa shape index (κ3) is 3.55. The van der Waals surface area contributed by atoms with Crippen molar-refractivity contribution in [3.63, 3.8) is 0 Å². The van der Waals surface area contributed by atoms with E-state index in [2.05, 4.69) is 42.2 Å². The van der Waals surface area contributed by atoms with Gasteiger partial charge in [-0.2, -0.15) is 0 Å². The molecule has 2 aromatic rings. The van der Waals surface area contributed by atoms with Crippen molar-refractivity contribution in [3.8, 4) is 0 Å². The summed E-state index contributed by atoms with van der Waals surface area (Å²) in [4.78, 5) is 16.3. The standard InChI is InChI=1S/C13H9Br2ClN2O/c1-7-4-12(17-6-11(7)15)18-13(19)9-5-8(16)2-3-10(9)14/h2-6H,1H3,(H,17,18,19). The number of carbonyl (C=O) groups excluding carboxylic acids is 1. The molecule has 0 spiro atoms. The molecule has 1 amide bonds. The fourth-order valence-corrected chi connectivity index (χ4v) is 2.28. The highest BCUT2D eigenvalue weighted by atomic mass is 79.9. The van der Waals surface area contributed by atoms with Crippen LogP contribution in [0.25, 0.3) is 0 Å². The number of nitrogens with zero attached hydrogens (tertiary/aromatic N) is 1. The maximum atomic E-state index is 12.1. The molecule has 6 heteroatoms. The van der Waals surface area contributed by atoms with Crippen LogP contribution in [0.3, 0.4) is 0 Å². The van der Waals surface area contributed by atoms with Gasteiger partial charge in [0.25, 0.3) is 5.91 Å². The van der Waals surface area contributed by atoms with E-state index in [9.17, 15) is 4.79 Å². The number of anilines is 1. The molecule has 0 aliphatic rings. The molecule has 0 fully saturated rings. The number of hydrogen-bond donors (Lipinski definition) is 1. The number of pyridine rings is 1. The Labute approximate surface area is 132 Å². The van der Waals surface area contributed by atoms with Crippen molar-refractivity contribution >= 4 is 55.2 Å². The summed E-state index contributed by atoms with van der Waals surface area (Å²) in [5.41, 5.74) is 1.46. The SMILES string of the molecule is Cc1cc(NC(=O)c2cc(Cl)ccc2Br)ncc1Br. The molecule has 2 rings (SSSR count). The minimum Gasteiger partial charge on any atom is -0.307 e. The highest BCUT2D eigenvalue weighted by Crippen LogP contribution is 2.23. The second-order valence-electron chi connectivity index (χ2n) is 3.90. The van der Waals surface area contributed by atoms with Crippen LogP contribution in [-0.4, -0.2) is 10.9 Å². The number of amides is 1. The van der Waals surface area contributed by atoms with Crippen molar-refractivity contribution in [2.24, 2.45) is 0 Å². The number of halogens is 3. The van der Waals surface area contributed by atoms with E-state index in [4.69, 9.17) is 11.6 Å². The minimum atomic E-state index is -0.261. The van der Waals surface area contributed by atoms with E-state index >= 15 is 0 Å². The molecule has 98 valence electrons. The van der Waals surface area contributed by atoms with Crippen molar-refractivity contribution in [1.29, 1.82) is 0 Å². The fourth-order valence-electron chi connectivity index (χ4n) is 1.46. The van der Waals surface area contributed by atoms with Gasteiger partial charge >= 0.3 is 0 Å². The fraction of sp³-hybridized carbons (Fsp3) is 0.0769. The van der Waals surface area contributed by atoms with Crippen molar-refractivity contribution in [3.05, 3.63) is 55.6 Å². The van der Waals surface area contributed by atoms with E-state index in [0.29, 0.717) is 20.9 Å². The van der Waals surface area contributed by atoms with Crippen LogP contribution < -0.4 is 5.32 Å². The van der Waals surface area contributed by atoms with E-state index in [-0.39, 0.29) is 5.91 Å². The monoisotopic (exact) mass is 402 g/mol. The molecule has 3 nitrogen and oxygen atoms in total. The molecule has 1 aromatic carbocycles. The Hall–Kier alpha value is -0.910. The summed E-state index contributed by atoms with van der Waals surface area (Å²) in [6, 6.07) is 6.84. The van der Waals surface area contributed by atoms with Crippen molar-refractivity contribution in [1.82, 2.24) is 4.98 Å². The van der Waals surface area contributed by atoms with Crippen LogP contribution in [0.1, 0.15) is 15.9 Å². The smallest absolute Gasteiger partial charge is 0.258 e. The van der Waals surface area contributed by atoms with Gasteiger partial charge in [-0.3, -0.25) is 4.79 Å². The maximum absolute atomic E-state index is 12.1. The predicted octanol–water partition coefficient (Wildman–Crippen LogP) is 4.82. The molecule has 0 atom stereocenters. The first kappa shape index (κ1) is 14.5. The first-order valence-corrected chi connectivity index (χ1v) is 7.32. The first-order chi connectivity index (χ1) is 8.97. The maximum Gasteiger partial charge on any atom is 0.258 e. The van der Waals surface area contributed by atoms with E-state index in [1.165, 1.54) is 0 Å². The zero-order chi connectivity index (χ0) is 14.0. The average Bonchev–Trinajstić information content (AvgIpc) is 2.36. The van der Waals surface area contributed by atoms with Gasteiger partial charge in [0.2, 0.25) is 0 Å². The zero-order valence-electron chi connectivity index (χ0n) is 9.88. The van der Waals surface area contributed by atoms with Crippen molar-refractivity contribution in [2.75, 3.05) is 5.32 Å². The van der Waals surface area contributed by atoms with Gasteiger partial charge in [-0.05, 0) is 68.6 Å². The van der Waals surface area contributed by atoms with Gasteiger partial charge in [0.15, 0.2) is 0 Å². The van der Waals surface area contributed by atoms with Gasteiger partial charge < -0.3 is 5.32 Å². The summed E-state index contributed by atoms with van der Waals surface area (Å²) in [6.45, 7) is 1.93. The minimum absolute atomic E-state index is 0.261. The van der Waals surface area contributed by atoms with Crippen LogP contribution in [-0.2, 0) is 0 Å². The van der Waals surface area contributed by atoms with E-state index < -0.39 is 0 Å². The topological polar surface area (TPSA) is 42.0 Å². The van der Waals surface area contributed by atoms with E-state index in [0.717, 1.165) is 10.0 Å². The summed E-state index contributed by atoms with van der Waals surface area (Å²) < 4.78 is 1.58. The molecular weight excluding hydrogens is 395 g/mol. The van der Waals surface area contributed by atoms with Crippen molar-refractivity contribution in [2.45, 2.75) is 6.92 Å². The highest BCUT2D eigenvalue weighted by molar-refractivity contribution is 9.10. The number of hydrogen-bond acceptors (Lipinski definition) is 2. The summed E-state index contributed by atoms with van der Waals surface area (Å²) in [5, 5.41) is 3.24. The lowest BCUT2D eigenvalue weighted by molar-refractivity contribution is 0.102. The Bertz CT molecular complexity index is 647. The molecule has 0 unspecified atom stereocenters. The van der Waals surface area contributed by atoms with E-state index in [1.807, 2.05) is 6.92 Å². The molecule has 0 aliphatic carbocycles. The number of rotatable bonds is 2. The van der Waals surface area contributed by atoms with Gasteiger partial charge in [0.1, 0.15) is 5.82 Å². The number of carbonyl (C=O) groups is 1. The Kier molecular flexibility index (Phi) is 4.60. The predicted molar refractivity (Wildman–Crippen MR) is 83.8 cm³/mol. The molecule has 1 heterocycles. The Morgan fingerprint density at radius 3 is 2.68 bits per heavy atom. The summed E-state index contributed by atoms with van der Waals surface area (Å²) in [6.07, 6.45) is 1.65. The van der Waals surface area contributed by atoms with Crippen LogP contribution in [0.4, 0.5) is 5.82 Å². The average molecular weight is 404 g/mol. The lowest BCUT2D eigenvalue weighted by Gasteiger charge is -2.08. The number of benzene rings is 1. The summed E-state index contributed by atoms with van der Waals surface area (Å²) in [5.74, 6) is 0.237. The number of aryl methyl sites for hydroxylation is 1. The van der Waals surface area contributed by atoms with E-state index in [1.54, 1.807) is 30.5 Å². The summed E-state index contributed by atoms with van der Waals surface area (Å²) >= 11 is 12.6. The van der Waals surface area contributed by atoms with Crippen LogP contribution in [0, 0.1) is 6.92 Å². The first-order valence-electron chi connectivity index (χ1n) is 5.36. The third-order valence-corrected chi connectivity index (χ3v) is 4.22. The number of aromatic nitrogens is 1. The molecule has 0 saturated heterocycles. The van der Waals surface area contributed by atoms with Crippen LogP contribution in [0.15, 0.2) is 39.4 Å². The Balaban J connectivity index is 2.25. The lowest BCUT2D eigenvalue weighted by atomic mass is 10.2. The molecule has 0 saturated carbocycles. The second kappa shape index (κ2) is 6.03. The molecule has 0 radical (unpaired) electrons.